The molecule has 36 heavy (non-hydrogen) atoms. The summed E-state index contributed by atoms with van der Waals surface area (Å²) in [5.41, 5.74) is 1.49. The van der Waals surface area contributed by atoms with Crippen LogP contribution < -0.4 is 14.8 Å². The molecular weight excluding hydrogens is 508 g/mol. The van der Waals surface area contributed by atoms with Crippen LogP contribution in [0.15, 0.2) is 64.9 Å². The molecule has 2 heterocycles. The topological polar surface area (TPSA) is 145 Å². The Kier molecular flexibility index (Phi) is 7.72. The lowest BCUT2D eigenvalue weighted by atomic mass is 10.2. The third kappa shape index (κ3) is 6.30. The molecule has 11 nitrogen and oxygen atoms in total. The van der Waals surface area contributed by atoms with E-state index in [1.165, 1.54) is 4.90 Å². The van der Waals surface area contributed by atoms with Crippen molar-refractivity contribution in [3.8, 4) is 5.75 Å². The Morgan fingerprint density at radius 1 is 1.00 bits per heavy atom. The van der Waals surface area contributed by atoms with Crippen LogP contribution in [0.4, 0.5) is 15.5 Å². The number of amides is 1. The molecule has 13 heteroatoms. The number of rotatable bonds is 8. The highest BCUT2D eigenvalue weighted by molar-refractivity contribution is 7.91. The zero-order valence-corrected chi connectivity index (χ0v) is 20.7. The molecule has 0 saturated carbocycles. The van der Waals surface area contributed by atoms with E-state index < -0.39 is 21.0 Å². The quantitative estimate of drug-likeness (QED) is 0.343. The molecule has 4 rings (SSSR count). The third-order valence-corrected chi connectivity index (χ3v) is 8.09. The molecule has 0 aliphatic carbocycles. The van der Waals surface area contributed by atoms with Crippen LogP contribution in [0, 0.1) is 10.1 Å². The fourth-order valence-electron chi connectivity index (χ4n) is 3.64. The normalized spacial score (nSPS) is 13.9. The van der Waals surface area contributed by atoms with Gasteiger partial charge in [-0.3, -0.25) is 10.1 Å². The zero-order valence-electron chi connectivity index (χ0n) is 19.1. The SMILES string of the molecule is NS(=O)(=O)c1cc([N+](=O)[O-])c(N2CCN(C(=O)OCc3cccc(OCc4ccccc4)c3)CC2)s1. The molecule has 0 atom stereocenters. The number of piperazine rings is 1. The first-order chi connectivity index (χ1) is 17.2. The summed E-state index contributed by atoms with van der Waals surface area (Å²) in [7, 11) is -4.06. The molecule has 2 N–H and O–H groups in total. The summed E-state index contributed by atoms with van der Waals surface area (Å²) >= 11 is 0.747. The lowest BCUT2D eigenvalue weighted by molar-refractivity contribution is -0.383. The number of ether oxygens (including phenoxy) is 2. The number of nitro groups is 1. The minimum Gasteiger partial charge on any atom is -0.489 e. The van der Waals surface area contributed by atoms with Gasteiger partial charge in [-0.1, -0.05) is 53.8 Å². The molecule has 0 spiro atoms. The lowest BCUT2D eigenvalue weighted by Gasteiger charge is -2.34. The standard InChI is InChI=1S/C23H24N4O7S2/c24-36(31,32)21-14-20(27(29)30)22(35-21)25-9-11-26(12-10-25)23(28)34-16-18-7-4-8-19(13-18)33-15-17-5-2-1-3-6-17/h1-8,13-14H,9-12,15-16H2,(H2,24,31,32). The smallest absolute Gasteiger partial charge is 0.410 e. The minimum atomic E-state index is -4.06. The van der Waals surface area contributed by atoms with E-state index in [9.17, 15) is 23.3 Å². The van der Waals surface area contributed by atoms with Crippen LogP contribution in [0.25, 0.3) is 0 Å². The number of primary sulfonamides is 1. The van der Waals surface area contributed by atoms with Gasteiger partial charge in [-0.05, 0) is 23.3 Å². The van der Waals surface area contributed by atoms with Gasteiger partial charge in [0.05, 0.1) is 4.92 Å². The number of carbonyl (C=O) groups is 1. The predicted octanol–water partition coefficient (Wildman–Crippen LogP) is 3.34. The van der Waals surface area contributed by atoms with Crippen molar-refractivity contribution in [2.45, 2.75) is 17.4 Å². The van der Waals surface area contributed by atoms with Crippen molar-refractivity contribution < 1.29 is 27.6 Å². The molecule has 1 aliphatic heterocycles. The molecule has 1 fully saturated rings. The molecule has 1 saturated heterocycles. The highest BCUT2D eigenvalue weighted by Gasteiger charge is 2.31. The van der Waals surface area contributed by atoms with E-state index >= 15 is 0 Å². The number of nitrogens with zero attached hydrogens (tertiary/aromatic N) is 3. The van der Waals surface area contributed by atoms with Crippen LogP contribution in [-0.2, 0) is 28.0 Å². The molecule has 190 valence electrons. The van der Waals surface area contributed by atoms with Gasteiger partial charge in [0.25, 0.3) is 0 Å². The van der Waals surface area contributed by atoms with Gasteiger partial charge in [0, 0.05) is 32.2 Å². The molecule has 0 radical (unpaired) electrons. The van der Waals surface area contributed by atoms with E-state index in [2.05, 4.69) is 0 Å². The van der Waals surface area contributed by atoms with Crippen LogP contribution in [0.3, 0.4) is 0 Å². The number of sulfonamides is 1. The van der Waals surface area contributed by atoms with Crippen LogP contribution in [0.5, 0.6) is 5.75 Å². The van der Waals surface area contributed by atoms with E-state index in [-0.39, 0.29) is 47.7 Å². The maximum Gasteiger partial charge on any atom is 0.410 e. The lowest BCUT2D eigenvalue weighted by Crippen LogP contribution is -2.48. The molecule has 1 aromatic heterocycles. The highest BCUT2D eigenvalue weighted by Crippen LogP contribution is 2.39. The number of nitrogens with two attached hydrogens (primary N) is 1. The van der Waals surface area contributed by atoms with E-state index in [1.807, 2.05) is 54.6 Å². The van der Waals surface area contributed by atoms with Crippen LogP contribution >= 0.6 is 11.3 Å². The molecule has 2 aromatic carbocycles. The van der Waals surface area contributed by atoms with Gasteiger partial charge in [-0.15, -0.1) is 0 Å². The number of hydrogen-bond donors (Lipinski definition) is 1. The van der Waals surface area contributed by atoms with Crippen molar-refractivity contribution in [1.29, 1.82) is 0 Å². The summed E-state index contributed by atoms with van der Waals surface area (Å²) in [5.74, 6) is 0.664. The second-order valence-corrected chi connectivity index (χ2v) is 10.8. The Hall–Kier alpha value is -3.68. The number of carbonyl (C=O) groups excluding carboxylic acids is 1. The van der Waals surface area contributed by atoms with Crippen LogP contribution in [0.2, 0.25) is 0 Å². The van der Waals surface area contributed by atoms with Crippen LogP contribution in [0.1, 0.15) is 11.1 Å². The summed E-state index contributed by atoms with van der Waals surface area (Å²) in [4.78, 5) is 26.5. The first kappa shape index (κ1) is 25.4. The zero-order chi connectivity index (χ0) is 25.7. The summed E-state index contributed by atoms with van der Waals surface area (Å²) < 4.78 is 34.2. The average molecular weight is 533 g/mol. The molecule has 1 aliphatic rings. The second-order valence-electron chi connectivity index (χ2n) is 8.01. The maximum absolute atomic E-state index is 12.6. The summed E-state index contributed by atoms with van der Waals surface area (Å²) in [5, 5.41) is 16.7. The summed E-state index contributed by atoms with van der Waals surface area (Å²) in [6.45, 7) is 1.58. The summed E-state index contributed by atoms with van der Waals surface area (Å²) in [6, 6.07) is 18.0. The van der Waals surface area contributed by atoms with Gasteiger partial charge < -0.3 is 19.3 Å². The summed E-state index contributed by atoms with van der Waals surface area (Å²) in [6.07, 6.45) is -0.504. The number of hydrogen-bond acceptors (Lipinski definition) is 9. The maximum atomic E-state index is 12.6. The van der Waals surface area contributed by atoms with E-state index in [0.717, 1.165) is 28.5 Å². The predicted molar refractivity (Wildman–Crippen MR) is 134 cm³/mol. The fourth-order valence-corrected chi connectivity index (χ4v) is 5.53. The second kappa shape index (κ2) is 10.9. The van der Waals surface area contributed by atoms with Gasteiger partial charge in [-0.2, -0.15) is 0 Å². The Morgan fingerprint density at radius 3 is 2.36 bits per heavy atom. The highest BCUT2D eigenvalue weighted by atomic mass is 32.2. The first-order valence-electron chi connectivity index (χ1n) is 10.9. The molecule has 1 amide bonds. The molecular formula is C23H24N4O7S2. The van der Waals surface area contributed by atoms with Gasteiger partial charge >= 0.3 is 11.8 Å². The number of thiophene rings is 1. The largest absolute Gasteiger partial charge is 0.489 e. The fraction of sp³-hybridized carbons (Fsp3) is 0.261. The Labute approximate surface area is 211 Å². The number of anilines is 1. The number of benzene rings is 2. The van der Waals surface area contributed by atoms with Crippen molar-refractivity contribution in [3.05, 3.63) is 81.9 Å². The van der Waals surface area contributed by atoms with Crippen molar-refractivity contribution in [2.24, 2.45) is 5.14 Å². The van der Waals surface area contributed by atoms with Crippen molar-refractivity contribution in [3.63, 3.8) is 0 Å². The van der Waals surface area contributed by atoms with E-state index in [4.69, 9.17) is 14.6 Å². The van der Waals surface area contributed by atoms with E-state index in [0.29, 0.717) is 12.4 Å². The monoisotopic (exact) mass is 532 g/mol. The molecule has 0 unspecified atom stereocenters. The van der Waals surface area contributed by atoms with Gasteiger partial charge in [0.2, 0.25) is 10.0 Å². The van der Waals surface area contributed by atoms with Crippen molar-refractivity contribution in [2.75, 3.05) is 31.1 Å². The van der Waals surface area contributed by atoms with E-state index in [1.54, 1.807) is 4.90 Å². The molecule has 3 aromatic rings. The average Bonchev–Trinajstić information content (AvgIpc) is 3.34. The van der Waals surface area contributed by atoms with Gasteiger partial charge in [0.15, 0.2) is 5.00 Å². The van der Waals surface area contributed by atoms with Crippen molar-refractivity contribution >= 4 is 38.1 Å². The third-order valence-electron chi connectivity index (χ3n) is 5.48. The minimum absolute atomic E-state index is 0.0652. The first-order valence-corrected chi connectivity index (χ1v) is 13.3. The van der Waals surface area contributed by atoms with Gasteiger partial charge in [0.1, 0.15) is 23.2 Å². The van der Waals surface area contributed by atoms with Gasteiger partial charge in [-0.25, -0.2) is 18.4 Å². The Bertz CT molecular complexity index is 1340. The van der Waals surface area contributed by atoms with Crippen LogP contribution in [-0.4, -0.2) is 50.5 Å². The van der Waals surface area contributed by atoms with Crippen molar-refractivity contribution in [1.82, 2.24) is 4.90 Å². The molecule has 0 bridgehead atoms. The Balaban J connectivity index is 1.30. The Morgan fingerprint density at radius 2 is 1.69 bits per heavy atom.